The van der Waals surface area contributed by atoms with E-state index in [1.165, 1.54) is 0 Å². The van der Waals surface area contributed by atoms with Crippen LogP contribution in [0.15, 0.2) is 0 Å². The Bertz CT molecular complexity index is 281. The van der Waals surface area contributed by atoms with Gasteiger partial charge in [-0.1, -0.05) is 6.92 Å². The molecule has 0 N–H and O–H groups in total. The Hall–Kier alpha value is -0.580. The van der Waals surface area contributed by atoms with Crippen LogP contribution in [0.1, 0.15) is 19.8 Å². The smallest absolute Gasteiger partial charge is 0.309 e. The third-order valence-corrected chi connectivity index (χ3v) is 3.78. The van der Waals surface area contributed by atoms with Crippen LogP contribution in [0.25, 0.3) is 0 Å². The lowest BCUT2D eigenvalue weighted by Gasteiger charge is -2.06. The first-order chi connectivity index (χ1) is 6.05. The van der Waals surface area contributed by atoms with E-state index in [0.717, 1.165) is 6.42 Å². The molecule has 4 nitrogen and oxygen atoms in total. The highest BCUT2D eigenvalue weighted by molar-refractivity contribution is 7.91. The van der Waals surface area contributed by atoms with Crippen molar-refractivity contribution >= 4 is 15.8 Å². The molecule has 0 amide bonds. The van der Waals surface area contributed by atoms with Gasteiger partial charge in [0.05, 0.1) is 24.0 Å². The molecule has 0 saturated carbocycles. The first kappa shape index (κ1) is 10.5. The van der Waals surface area contributed by atoms with E-state index >= 15 is 0 Å². The number of rotatable bonds is 3. The van der Waals surface area contributed by atoms with Crippen LogP contribution in [0.4, 0.5) is 0 Å². The molecule has 0 aromatic heterocycles. The van der Waals surface area contributed by atoms with Crippen LogP contribution in [-0.2, 0) is 19.4 Å². The summed E-state index contributed by atoms with van der Waals surface area (Å²) in [4.78, 5) is 11.2. The van der Waals surface area contributed by atoms with Gasteiger partial charge in [0.1, 0.15) is 0 Å². The second kappa shape index (κ2) is 4.09. The summed E-state index contributed by atoms with van der Waals surface area (Å²) < 4.78 is 26.9. The topological polar surface area (TPSA) is 60.4 Å². The minimum Gasteiger partial charge on any atom is -0.465 e. The zero-order chi connectivity index (χ0) is 9.90. The Morgan fingerprint density at radius 3 is 2.69 bits per heavy atom. The normalized spacial score (nSPS) is 25.8. The SMILES string of the molecule is CCCOC(=O)C1CCS(=O)(=O)C1. The first-order valence-corrected chi connectivity index (χ1v) is 6.24. The average Bonchev–Trinajstić information content (AvgIpc) is 2.42. The molecular weight excluding hydrogens is 192 g/mol. The minimum atomic E-state index is -2.97. The lowest BCUT2D eigenvalue weighted by molar-refractivity contribution is -0.147. The van der Waals surface area contributed by atoms with Gasteiger partial charge in [0.15, 0.2) is 9.84 Å². The molecule has 0 radical (unpaired) electrons. The number of hydrogen-bond acceptors (Lipinski definition) is 4. The fourth-order valence-electron chi connectivity index (χ4n) is 1.30. The maximum Gasteiger partial charge on any atom is 0.309 e. The van der Waals surface area contributed by atoms with Crippen molar-refractivity contribution in [1.82, 2.24) is 0 Å². The lowest BCUT2D eigenvalue weighted by atomic mass is 10.1. The largest absolute Gasteiger partial charge is 0.465 e. The molecule has 1 heterocycles. The van der Waals surface area contributed by atoms with Crippen molar-refractivity contribution in [3.05, 3.63) is 0 Å². The maximum atomic E-state index is 11.2. The Morgan fingerprint density at radius 2 is 2.23 bits per heavy atom. The van der Waals surface area contributed by atoms with Crippen LogP contribution in [0.2, 0.25) is 0 Å². The third-order valence-electron chi connectivity index (χ3n) is 2.01. The van der Waals surface area contributed by atoms with Gasteiger partial charge in [-0.15, -0.1) is 0 Å². The molecule has 5 heteroatoms. The minimum absolute atomic E-state index is 0.0322. The summed E-state index contributed by atoms with van der Waals surface area (Å²) in [5, 5.41) is 0. The summed E-state index contributed by atoms with van der Waals surface area (Å²) in [6.07, 6.45) is 1.19. The van der Waals surface area contributed by atoms with Crippen LogP contribution >= 0.6 is 0 Å². The molecule has 0 aromatic rings. The van der Waals surface area contributed by atoms with E-state index in [9.17, 15) is 13.2 Å². The molecule has 0 bridgehead atoms. The number of carbonyl (C=O) groups is 1. The molecule has 0 spiro atoms. The van der Waals surface area contributed by atoms with Gasteiger partial charge in [0.25, 0.3) is 0 Å². The fraction of sp³-hybridized carbons (Fsp3) is 0.875. The molecule has 1 fully saturated rings. The van der Waals surface area contributed by atoms with Crippen molar-refractivity contribution in [2.75, 3.05) is 18.1 Å². The van der Waals surface area contributed by atoms with E-state index in [-0.39, 0.29) is 17.5 Å². The van der Waals surface area contributed by atoms with Crippen molar-refractivity contribution in [2.24, 2.45) is 5.92 Å². The highest BCUT2D eigenvalue weighted by Gasteiger charge is 2.33. The monoisotopic (exact) mass is 206 g/mol. The average molecular weight is 206 g/mol. The number of ether oxygens (including phenoxy) is 1. The maximum absolute atomic E-state index is 11.2. The van der Waals surface area contributed by atoms with Crippen LogP contribution < -0.4 is 0 Å². The van der Waals surface area contributed by atoms with Gasteiger partial charge in [-0.2, -0.15) is 0 Å². The van der Waals surface area contributed by atoms with E-state index < -0.39 is 15.8 Å². The number of sulfone groups is 1. The van der Waals surface area contributed by atoms with E-state index in [2.05, 4.69) is 0 Å². The van der Waals surface area contributed by atoms with E-state index in [1.54, 1.807) is 0 Å². The Morgan fingerprint density at radius 1 is 1.54 bits per heavy atom. The van der Waals surface area contributed by atoms with Gasteiger partial charge in [-0.3, -0.25) is 4.79 Å². The highest BCUT2D eigenvalue weighted by Crippen LogP contribution is 2.19. The summed E-state index contributed by atoms with van der Waals surface area (Å²) in [6, 6.07) is 0. The van der Waals surface area contributed by atoms with Crippen molar-refractivity contribution in [3.8, 4) is 0 Å². The second-order valence-corrected chi connectivity index (χ2v) is 5.50. The van der Waals surface area contributed by atoms with E-state index in [1.807, 2.05) is 6.92 Å². The Labute approximate surface area is 78.2 Å². The van der Waals surface area contributed by atoms with Gasteiger partial charge in [0.2, 0.25) is 0 Å². The highest BCUT2D eigenvalue weighted by atomic mass is 32.2. The fourth-order valence-corrected chi connectivity index (χ4v) is 3.03. The summed E-state index contributed by atoms with van der Waals surface area (Å²) >= 11 is 0. The molecule has 1 unspecified atom stereocenters. The molecule has 76 valence electrons. The number of carbonyl (C=O) groups excluding carboxylic acids is 1. The Kier molecular flexibility index (Phi) is 3.30. The quantitative estimate of drug-likeness (QED) is 0.626. The van der Waals surface area contributed by atoms with Crippen molar-refractivity contribution in [1.29, 1.82) is 0 Å². The summed E-state index contributed by atoms with van der Waals surface area (Å²) in [5.41, 5.74) is 0. The van der Waals surface area contributed by atoms with Gasteiger partial charge in [0, 0.05) is 0 Å². The zero-order valence-corrected chi connectivity index (χ0v) is 8.47. The van der Waals surface area contributed by atoms with Crippen LogP contribution in [0.3, 0.4) is 0 Å². The molecule has 1 atom stereocenters. The molecule has 0 aliphatic carbocycles. The standard InChI is InChI=1S/C8H14O4S/c1-2-4-12-8(9)7-3-5-13(10,11)6-7/h7H,2-6H2,1H3. The van der Waals surface area contributed by atoms with E-state index in [4.69, 9.17) is 4.74 Å². The predicted octanol–water partition coefficient (Wildman–Crippen LogP) is 0.374. The van der Waals surface area contributed by atoms with E-state index in [0.29, 0.717) is 13.0 Å². The molecule has 1 rings (SSSR count). The first-order valence-electron chi connectivity index (χ1n) is 4.42. The van der Waals surface area contributed by atoms with Crippen LogP contribution in [-0.4, -0.2) is 32.5 Å². The second-order valence-electron chi connectivity index (χ2n) is 3.27. The van der Waals surface area contributed by atoms with Crippen molar-refractivity contribution < 1.29 is 17.9 Å². The third kappa shape index (κ3) is 2.99. The van der Waals surface area contributed by atoms with Gasteiger partial charge >= 0.3 is 5.97 Å². The van der Waals surface area contributed by atoms with Gasteiger partial charge < -0.3 is 4.74 Å². The molecule has 1 aliphatic rings. The lowest BCUT2D eigenvalue weighted by Crippen LogP contribution is -2.19. The van der Waals surface area contributed by atoms with Crippen LogP contribution in [0.5, 0.6) is 0 Å². The van der Waals surface area contributed by atoms with Crippen LogP contribution in [0, 0.1) is 5.92 Å². The van der Waals surface area contributed by atoms with Crippen molar-refractivity contribution in [2.45, 2.75) is 19.8 Å². The molecular formula is C8H14O4S. The Balaban J connectivity index is 2.42. The summed E-state index contributed by atoms with van der Waals surface area (Å²) in [7, 11) is -2.97. The summed E-state index contributed by atoms with van der Waals surface area (Å²) in [5.74, 6) is -0.687. The molecule has 0 aromatic carbocycles. The molecule has 13 heavy (non-hydrogen) atoms. The molecule has 1 aliphatic heterocycles. The van der Waals surface area contributed by atoms with Crippen molar-refractivity contribution in [3.63, 3.8) is 0 Å². The van der Waals surface area contributed by atoms with Gasteiger partial charge in [-0.05, 0) is 12.8 Å². The summed E-state index contributed by atoms with van der Waals surface area (Å²) in [6.45, 7) is 2.29. The van der Waals surface area contributed by atoms with Gasteiger partial charge in [-0.25, -0.2) is 8.42 Å². The number of esters is 1. The predicted molar refractivity (Wildman–Crippen MR) is 48.0 cm³/mol. The zero-order valence-electron chi connectivity index (χ0n) is 7.65. The molecule has 1 saturated heterocycles. The number of hydrogen-bond donors (Lipinski definition) is 0.